The van der Waals surface area contributed by atoms with Crippen LogP contribution in [0.15, 0.2) is 60.7 Å². The van der Waals surface area contributed by atoms with Gasteiger partial charge in [0.15, 0.2) is 0 Å². The Morgan fingerprint density at radius 1 is 0.750 bits per heavy atom. The minimum absolute atomic E-state index is 0.285. The van der Waals surface area contributed by atoms with E-state index in [1.54, 1.807) is 29.2 Å². The standard InChI is InChI=1S/C18H20N4O2/c23-17(15-7-3-1-4-8-15)19-20-18(24)22-13-11-21(12-14-22)16-9-5-2-6-10-16/h1-10H,11-14H2,(H,19,23)(H,20,24). The maximum atomic E-state index is 12.2. The van der Waals surface area contributed by atoms with Crippen LogP contribution in [0, 0.1) is 0 Å². The van der Waals surface area contributed by atoms with Crippen molar-refractivity contribution in [3.8, 4) is 0 Å². The van der Waals surface area contributed by atoms with Gasteiger partial charge < -0.3 is 9.80 Å². The number of amides is 3. The number of nitrogens with one attached hydrogen (secondary N) is 2. The molecule has 2 aromatic carbocycles. The monoisotopic (exact) mass is 324 g/mol. The van der Waals surface area contributed by atoms with Crippen LogP contribution in [-0.4, -0.2) is 43.0 Å². The Kier molecular flexibility index (Phi) is 4.96. The molecule has 24 heavy (non-hydrogen) atoms. The van der Waals surface area contributed by atoms with Gasteiger partial charge in [0.2, 0.25) is 0 Å². The van der Waals surface area contributed by atoms with Crippen LogP contribution in [0.5, 0.6) is 0 Å². The highest BCUT2D eigenvalue weighted by molar-refractivity contribution is 5.95. The summed E-state index contributed by atoms with van der Waals surface area (Å²) in [4.78, 5) is 28.0. The Morgan fingerprint density at radius 3 is 1.96 bits per heavy atom. The first kappa shape index (κ1) is 15.9. The maximum Gasteiger partial charge on any atom is 0.336 e. The fraction of sp³-hybridized carbons (Fsp3) is 0.222. The molecule has 1 fully saturated rings. The molecular formula is C18H20N4O2. The van der Waals surface area contributed by atoms with Crippen LogP contribution in [0.2, 0.25) is 0 Å². The Labute approximate surface area is 141 Å². The molecule has 3 amide bonds. The van der Waals surface area contributed by atoms with Gasteiger partial charge in [0.1, 0.15) is 0 Å². The molecule has 3 rings (SSSR count). The Hall–Kier alpha value is -3.02. The van der Waals surface area contributed by atoms with E-state index in [4.69, 9.17) is 0 Å². The molecule has 6 heteroatoms. The number of carbonyl (C=O) groups excluding carboxylic acids is 2. The van der Waals surface area contributed by atoms with Crippen LogP contribution in [0.3, 0.4) is 0 Å². The molecule has 0 aromatic heterocycles. The second-order valence-corrected chi connectivity index (χ2v) is 5.56. The summed E-state index contributed by atoms with van der Waals surface area (Å²) in [6, 6.07) is 18.6. The summed E-state index contributed by atoms with van der Waals surface area (Å²) in [5.41, 5.74) is 6.59. The predicted molar refractivity (Wildman–Crippen MR) is 92.7 cm³/mol. The summed E-state index contributed by atoms with van der Waals surface area (Å²) in [5.74, 6) is -0.327. The summed E-state index contributed by atoms with van der Waals surface area (Å²) >= 11 is 0. The Bertz CT molecular complexity index is 683. The normalized spacial score (nSPS) is 14.2. The fourth-order valence-electron chi connectivity index (χ4n) is 2.66. The van der Waals surface area contributed by atoms with Crippen molar-refractivity contribution in [3.05, 3.63) is 66.2 Å². The van der Waals surface area contributed by atoms with Crippen molar-refractivity contribution in [2.75, 3.05) is 31.1 Å². The van der Waals surface area contributed by atoms with Crippen LogP contribution in [0.25, 0.3) is 0 Å². The van der Waals surface area contributed by atoms with Crippen LogP contribution in [0.4, 0.5) is 10.5 Å². The molecule has 0 radical (unpaired) electrons. The molecule has 1 aliphatic rings. The van der Waals surface area contributed by atoms with Gasteiger partial charge in [-0.1, -0.05) is 36.4 Å². The number of hydrazine groups is 1. The second-order valence-electron chi connectivity index (χ2n) is 5.56. The van der Waals surface area contributed by atoms with Gasteiger partial charge >= 0.3 is 6.03 Å². The average Bonchev–Trinajstić information content (AvgIpc) is 2.67. The van der Waals surface area contributed by atoms with Crippen molar-refractivity contribution in [2.24, 2.45) is 0 Å². The number of carbonyl (C=O) groups is 2. The molecule has 1 aliphatic heterocycles. The molecule has 1 saturated heterocycles. The molecule has 0 bridgehead atoms. The van der Waals surface area contributed by atoms with E-state index in [1.165, 1.54) is 0 Å². The summed E-state index contributed by atoms with van der Waals surface area (Å²) in [7, 11) is 0. The molecule has 1 heterocycles. The summed E-state index contributed by atoms with van der Waals surface area (Å²) in [5, 5.41) is 0. The van der Waals surface area contributed by atoms with Crippen molar-refractivity contribution in [1.29, 1.82) is 0 Å². The molecule has 0 atom stereocenters. The largest absolute Gasteiger partial charge is 0.368 e. The van der Waals surface area contributed by atoms with Gasteiger partial charge in [-0.3, -0.25) is 10.2 Å². The highest BCUT2D eigenvalue weighted by atomic mass is 16.2. The molecule has 0 aliphatic carbocycles. The van der Waals surface area contributed by atoms with Gasteiger partial charge in [-0.15, -0.1) is 0 Å². The number of para-hydroxylation sites is 1. The first-order valence-corrected chi connectivity index (χ1v) is 7.94. The third-order valence-electron chi connectivity index (χ3n) is 4.01. The lowest BCUT2D eigenvalue weighted by molar-refractivity contribution is 0.0929. The minimum Gasteiger partial charge on any atom is -0.368 e. The van der Waals surface area contributed by atoms with Gasteiger partial charge in [-0.25, -0.2) is 10.2 Å². The molecule has 2 aromatic rings. The highest BCUT2D eigenvalue weighted by Crippen LogP contribution is 2.15. The van der Waals surface area contributed by atoms with Gasteiger partial charge in [0.05, 0.1) is 0 Å². The number of nitrogens with zero attached hydrogens (tertiary/aromatic N) is 2. The predicted octanol–water partition coefficient (Wildman–Crippen LogP) is 1.86. The number of hydrogen-bond donors (Lipinski definition) is 2. The topological polar surface area (TPSA) is 64.7 Å². The quantitative estimate of drug-likeness (QED) is 0.829. The summed E-state index contributed by atoms with van der Waals surface area (Å²) < 4.78 is 0. The Balaban J connectivity index is 1.46. The van der Waals surface area contributed by atoms with E-state index in [0.29, 0.717) is 18.7 Å². The number of anilines is 1. The second kappa shape index (κ2) is 7.50. The van der Waals surface area contributed by atoms with Gasteiger partial charge in [0, 0.05) is 37.4 Å². The van der Waals surface area contributed by atoms with E-state index in [0.717, 1.165) is 18.8 Å². The van der Waals surface area contributed by atoms with E-state index in [2.05, 4.69) is 27.9 Å². The smallest absolute Gasteiger partial charge is 0.336 e. The van der Waals surface area contributed by atoms with Crippen molar-refractivity contribution in [2.45, 2.75) is 0 Å². The number of rotatable bonds is 2. The SMILES string of the molecule is O=C(NNC(=O)N1CCN(c2ccccc2)CC1)c1ccccc1. The van der Waals surface area contributed by atoms with Gasteiger partial charge in [-0.05, 0) is 24.3 Å². The lowest BCUT2D eigenvalue weighted by atomic mass is 10.2. The number of urea groups is 1. The molecule has 6 nitrogen and oxygen atoms in total. The van der Waals surface area contributed by atoms with E-state index in [9.17, 15) is 9.59 Å². The van der Waals surface area contributed by atoms with Crippen LogP contribution in [-0.2, 0) is 0 Å². The number of benzene rings is 2. The molecule has 2 N–H and O–H groups in total. The zero-order valence-corrected chi connectivity index (χ0v) is 13.3. The van der Waals surface area contributed by atoms with Crippen molar-refractivity contribution < 1.29 is 9.59 Å². The maximum absolute atomic E-state index is 12.2. The van der Waals surface area contributed by atoms with Crippen LogP contribution in [0.1, 0.15) is 10.4 Å². The van der Waals surface area contributed by atoms with Gasteiger partial charge in [0.25, 0.3) is 5.91 Å². The number of hydrogen-bond acceptors (Lipinski definition) is 3. The lowest BCUT2D eigenvalue weighted by Crippen LogP contribution is -2.55. The fourth-order valence-corrected chi connectivity index (χ4v) is 2.66. The van der Waals surface area contributed by atoms with E-state index >= 15 is 0 Å². The highest BCUT2D eigenvalue weighted by Gasteiger charge is 2.21. The zero-order valence-electron chi connectivity index (χ0n) is 13.3. The first-order chi connectivity index (χ1) is 11.7. The van der Waals surface area contributed by atoms with Crippen LogP contribution < -0.4 is 15.8 Å². The van der Waals surface area contributed by atoms with Gasteiger partial charge in [-0.2, -0.15) is 0 Å². The summed E-state index contributed by atoms with van der Waals surface area (Å²) in [6.45, 7) is 2.76. The summed E-state index contributed by atoms with van der Waals surface area (Å²) in [6.07, 6.45) is 0. The minimum atomic E-state index is -0.327. The number of piperazine rings is 1. The van der Waals surface area contributed by atoms with Crippen molar-refractivity contribution >= 4 is 17.6 Å². The average molecular weight is 324 g/mol. The first-order valence-electron chi connectivity index (χ1n) is 7.94. The zero-order chi connectivity index (χ0) is 16.8. The molecule has 0 saturated carbocycles. The third kappa shape index (κ3) is 3.84. The molecule has 0 spiro atoms. The molecule has 124 valence electrons. The van der Waals surface area contributed by atoms with E-state index in [1.807, 2.05) is 24.3 Å². The van der Waals surface area contributed by atoms with E-state index < -0.39 is 0 Å². The van der Waals surface area contributed by atoms with E-state index in [-0.39, 0.29) is 11.9 Å². The van der Waals surface area contributed by atoms with Crippen LogP contribution >= 0.6 is 0 Å². The Morgan fingerprint density at radius 2 is 1.33 bits per heavy atom. The lowest BCUT2D eigenvalue weighted by Gasteiger charge is -2.36. The molecule has 0 unspecified atom stereocenters. The third-order valence-corrected chi connectivity index (χ3v) is 4.01. The molecular weight excluding hydrogens is 304 g/mol. The van der Waals surface area contributed by atoms with Crippen molar-refractivity contribution in [3.63, 3.8) is 0 Å². The van der Waals surface area contributed by atoms with Crippen molar-refractivity contribution in [1.82, 2.24) is 15.8 Å².